The van der Waals surface area contributed by atoms with Crippen LogP contribution in [0.25, 0.3) is 0 Å². The van der Waals surface area contributed by atoms with Gasteiger partial charge in [0.25, 0.3) is 0 Å². The summed E-state index contributed by atoms with van der Waals surface area (Å²) in [6.07, 6.45) is 5.83. The molecule has 0 saturated carbocycles. The van der Waals surface area contributed by atoms with Crippen LogP contribution < -0.4 is 0 Å². The van der Waals surface area contributed by atoms with Crippen LogP contribution in [0.2, 0.25) is 0 Å². The van der Waals surface area contributed by atoms with Crippen molar-refractivity contribution in [2.45, 2.75) is 27.2 Å². The van der Waals surface area contributed by atoms with Gasteiger partial charge in [-0.05, 0) is 19.4 Å². The maximum absolute atomic E-state index is 10.0. The summed E-state index contributed by atoms with van der Waals surface area (Å²) in [4.78, 5) is 10.0. The summed E-state index contributed by atoms with van der Waals surface area (Å²) in [6, 6.07) is 0. The summed E-state index contributed by atoms with van der Waals surface area (Å²) in [7, 11) is 0. The Morgan fingerprint density at radius 3 is 2.36 bits per heavy atom. The molecular weight excluding hydrogens is 140 g/mol. The third kappa shape index (κ3) is 27.7. The lowest BCUT2D eigenvalue weighted by molar-refractivity contribution is -0.135. The lowest BCUT2D eigenvalue weighted by Gasteiger charge is -1.86. The van der Waals surface area contributed by atoms with Crippen molar-refractivity contribution in [2.24, 2.45) is 0 Å². The van der Waals surface area contributed by atoms with Crippen molar-refractivity contribution in [3.8, 4) is 0 Å². The van der Waals surface area contributed by atoms with Crippen molar-refractivity contribution in [1.82, 2.24) is 0 Å². The molecule has 0 aliphatic heterocycles. The van der Waals surface area contributed by atoms with Crippen LogP contribution in [0.3, 0.4) is 0 Å². The molecule has 0 unspecified atom stereocenters. The Balaban J connectivity index is 0. The Bertz CT molecular complexity index is 126. The summed E-state index contributed by atoms with van der Waals surface area (Å²) < 4.78 is 4.46. The van der Waals surface area contributed by atoms with Crippen LogP contribution in [0.15, 0.2) is 25.0 Å². The van der Waals surface area contributed by atoms with Gasteiger partial charge >= 0.3 is 5.97 Å². The first-order valence-electron chi connectivity index (χ1n) is 3.58. The van der Waals surface area contributed by atoms with Crippen LogP contribution in [0.1, 0.15) is 27.2 Å². The second kappa shape index (κ2) is 11.7. The van der Waals surface area contributed by atoms with E-state index in [1.165, 1.54) is 13.2 Å². The topological polar surface area (TPSA) is 26.3 Å². The number of esters is 1. The highest BCUT2D eigenvalue weighted by molar-refractivity contribution is 5.66. The molecule has 0 atom stereocenters. The van der Waals surface area contributed by atoms with E-state index in [1.807, 2.05) is 13.8 Å². The van der Waals surface area contributed by atoms with Crippen molar-refractivity contribution in [3.05, 3.63) is 25.0 Å². The van der Waals surface area contributed by atoms with E-state index >= 15 is 0 Å². The van der Waals surface area contributed by atoms with Gasteiger partial charge < -0.3 is 4.74 Å². The molecule has 0 radical (unpaired) electrons. The zero-order chi connectivity index (χ0) is 9.11. The van der Waals surface area contributed by atoms with Gasteiger partial charge in [0, 0.05) is 6.92 Å². The molecule has 0 aromatic carbocycles. The van der Waals surface area contributed by atoms with Gasteiger partial charge in [-0.3, -0.25) is 4.79 Å². The highest BCUT2D eigenvalue weighted by Crippen LogP contribution is 1.81. The second-order valence-electron chi connectivity index (χ2n) is 1.80. The van der Waals surface area contributed by atoms with E-state index in [-0.39, 0.29) is 5.97 Å². The predicted octanol–water partition coefficient (Wildman–Crippen LogP) is 2.67. The van der Waals surface area contributed by atoms with Gasteiger partial charge in [-0.15, -0.1) is 6.58 Å². The van der Waals surface area contributed by atoms with Gasteiger partial charge in [-0.25, -0.2) is 0 Å². The summed E-state index contributed by atoms with van der Waals surface area (Å²) in [6.45, 7) is 8.60. The largest absolute Gasteiger partial charge is 0.435 e. The van der Waals surface area contributed by atoms with Gasteiger partial charge in [0.1, 0.15) is 0 Å². The summed E-state index contributed by atoms with van der Waals surface area (Å²) in [5, 5.41) is 0. The molecule has 0 amide bonds. The number of ether oxygens (including phenoxy) is 1. The minimum Gasteiger partial charge on any atom is -0.435 e. The molecule has 0 N–H and O–H groups in total. The molecule has 0 rings (SSSR count). The third-order valence-electron chi connectivity index (χ3n) is 0.566. The zero-order valence-electron chi connectivity index (χ0n) is 7.46. The van der Waals surface area contributed by atoms with Crippen LogP contribution >= 0.6 is 0 Å². The normalized spacial score (nSPS) is 8.27. The lowest BCUT2D eigenvalue weighted by atomic mass is 10.5. The van der Waals surface area contributed by atoms with Gasteiger partial charge in [-0.2, -0.15) is 0 Å². The molecule has 2 heteroatoms. The van der Waals surface area contributed by atoms with E-state index in [9.17, 15) is 4.79 Å². The van der Waals surface area contributed by atoms with Crippen LogP contribution in [-0.4, -0.2) is 5.97 Å². The third-order valence-corrected chi connectivity index (χ3v) is 0.566. The minimum absolute atomic E-state index is 0.269. The smallest absolute Gasteiger partial charge is 0.307 e. The number of carbonyl (C=O) groups is 1. The number of hydrogen-bond donors (Lipinski definition) is 0. The van der Waals surface area contributed by atoms with Gasteiger partial charge in [0.15, 0.2) is 0 Å². The standard InChI is InChI=1S/C6H10O2.C3H6/c1-3-4-5-8-6(2)7;1-3-2/h4-5H,3H2,1-2H3;3H,1H2,2H3. The molecule has 2 nitrogen and oxygen atoms in total. The molecule has 0 aliphatic rings. The number of carbonyl (C=O) groups excluding carboxylic acids is 1. The molecule has 0 fully saturated rings. The quantitative estimate of drug-likeness (QED) is 0.349. The maximum Gasteiger partial charge on any atom is 0.307 e. The highest BCUT2D eigenvalue weighted by Gasteiger charge is 1.81. The van der Waals surface area contributed by atoms with Crippen LogP contribution in [0, 0.1) is 0 Å². The van der Waals surface area contributed by atoms with Crippen molar-refractivity contribution in [2.75, 3.05) is 0 Å². The first kappa shape index (κ1) is 12.6. The summed E-state index contributed by atoms with van der Waals surface area (Å²) in [5.74, 6) is -0.269. The van der Waals surface area contributed by atoms with Crippen molar-refractivity contribution >= 4 is 5.97 Å². The molecule has 0 aliphatic carbocycles. The van der Waals surface area contributed by atoms with Gasteiger partial charge in [0.2, 0.25) is 0 Å². The number of rotatable bonds is 2. The molecule has 0 bridgehead atoms. The molecule has 0 heterocycles. The Labute approximate surface area is 68.6 Å². The Kier molecular flexibility index (Phi) is 13.4. The Morgan fingerprint density at radius 1 is 1.64 bits per heavy atom. The molecular formula is C9H16O2. The average Bonchev–Trinajstić information content (AvgIpc) is 1.89. The highest BCUT2D eigenvalue weighted by atomic mass is 16.5. The zero-order valence-corrected chi connectivity index (χ0v) is 7.46. The fourth-order valence-corrected chi connectivity index (χ4v) is 0.240. The first-order valence-corrected chi connectivity index (χ1v) is 3.58. The van der Waals surface area contributed by atoms with Gasteiger partial charge in [-0.1, -0.05) is 13.0 Å². The molecule has 0 saturated heterocycles. The van der Waals surface area contributed by atoms with Crippen LogP contribution in [-0.2, 0) is 9.53 Å². The Hall–Kier alpha value is -1.05. The molecule has 11 heavy (non-hydrogen) atoms. The van der Waals surface area contributed by atoms with E-state index in [0.717, 1.165) is 6.42 Å². The van der Waals surface area contributed by atoms with Crippen molar-refractivity contribution in [3.63, 3.8) is 0 Å². The minimum atomic E-state index is -0.269. The SMILES string of the molecule is C=CC.CCC=COC(C)=O. The van der Waals surface area contributed by atoms with E-state index in [2.05, 4.69) is 11.3 Å². The molecule has 0 aromatic heterocycles. The number of allylic oxidation sites excluding steroid dienone is 2. The fourth-order valence-electron chi connectivity index (χ4n) is 0.240. The maximum atomic E-state index is 10.0. The van der Waals surface area contributed by atoms with Gasteiger partial charge in [0.05, 0.1) is 6.26 Å². The van der Waals surface area contributed by atoms with E-state index in [0.29, 0.717) is 0 Å². The van der Waals surface area contributed by atoms with Crippen LogP contribution in [0.4, 0.5) is 0 Å². The fraction of sp³-hybridized carbons (Fsp3) is 0.444. The van der Waals surface area contributed by atoms with E-state index in [4.69, 9.17) is 0 Å². The Morgan fingerprint density at radius 2 is 2.09 bits per heavy atom. The molecule has 64 valence electrons. The van der Waals surface area contributed by atoms with E-state index < -0.39 is 0 Å². The van der Waals surface area contributed by atoms with Crippen molar-refractivity contribution in [1.29, 1.82) is 0 Å². The monoisotopic (exact) mass is 156 g/mol. The van der Waals surface area contributed by atoms with Crippen LogP contribution in [0.5, 0.6) is 0 Å². The van der Waals surface area contributed by atoms with E-state index in [1.54, 1.807) is 12.2 Å². The summed E-state index contributed by atoms with van der Waals surface area (Å²) >= 11 is 0. The predicted molar refractivity (Wildman–Crippen MR) is 47.1 cm³/mol. The number of hydrogen-bond acceptors (Lipinski definition) is 2. The summed E-state index contributed by atoms with van der Waals surface area (Å²) in [5.41, 5.74) is 0. The molecule has 0 spiro atoms. The average molecular weight is 156 g/mol. The second-order valence-corrected chi connectivity index (χ2v) is 1.80. The molecule has 0 aromatic rings. The van der Waals surface area contributed by atoms with Crippen molar-refractivity contribution < 1.29 is 9.53 Å². The first-order chi connectivity index (χ1) is 5.18. The lowest BCUT2D eigenvalue weighted by Crippen LogP contribution is -1.88.